The molecule has 0 saturated heterocycles. The summed E-state index contributed by atoms with van der Waals surface area (Å²) in [6.07, 6.45) is 32.5. The first-order valence-electron chi connectivity index (χ1n) is 22.7. The molecule has 0 aromatic rings. The Balaban J connectivity index is 2.52. The molecule has 6 N–H and O–H groups in total. The van der Waals surface area contributed by atoms with Gasteiger partial charge in [0.15, 0.2) is 6.10 Å². The molecule has 13 nitrogen and oxygen atoms in total. The second-order valence-electron chi connectivity index (χ2n) is 15.5. The van der Waals surface area contributed by atoms with E-state index >= 15 is 0 Å². The van der Waals surface area contributed by atoms with Crippen LogP contribution in [0.15, 0.2) is 72.9 Å². The molecule has 0 amide bonds. The van der Waals surface area contributed by atoms with Crippen LogP contribution in [0.5, 0.6) is 0 Å². The quantitative estimate of drug-likeness (QED) is 0.0151. The van der Waals surface area contributed by atoms with Crippen LogP contribution in [0.25, 0.3) is 0 Å². The van der Waals surface area contributed by atoms with Gasteiger partial charge in [-0.15, -0.1) is 0 Å². The van der Waals surface area contributed by atoms with Crippen molar-refractivity contribution >= 4 is 19.8 Å². The van der Waals surface area contributed by atoms with Crippen molar-refractivity contribution in [3.63, 3.8) is 0 Å². The Morgan fingerprint density at radius 1 is 0.525 bits per heavy atom. The van der Waals surface area contributed by atoms with E-state index in [9.17, 15) is 44.6 Å². The maximum Gasteiger partial charge on any atom is 0.472 e. The maximum absolute atomic E-state index is 12.8. The summed E-state index contributed by atoms with van der Waals surface area (Å²) in [6, 6.07) is 0. The summed E-state index contributed by atoms with van der Waals surface area (Å²) >= 11 is 0. The predicted molar refractivity (Wildman–Crippen MR) is 239 cm³/mol. The van der Waals surface area contributed by atoms with Gasteiger partial charge in [-0.1, -0.05) is 138 Å². The highest BCUT2D eigenvalue weighted by molar-refractivity contribution is 7.47. The van der Waals surface area contributed by atoms with E-state index in [0.717, 1.165) is 70.6 Å². The molecule has 0 spiro atoms. The summed E-state index contributed by atoms with van der Waals surface area (Å²) in [6.45, 7) is 3.11. The molecule has 0 bridgehead atoms. The molecule has 0 aromatic heterocycles. The summed E-state index contributed by atoms with van der Waals surface area (Å²) in [5, 5.41) is 50.1. The molecule has 1 aliphatic carbocycles. The Morgan fingerprint density at radius 2 is 0.951 bits per heavy atom. The number of hydrogen-bond acceptors (Lipinski definition) is 12. The molecule has 1 fully saturated rings. The zero-order chi connectivity index (χ0) is 45.0. The van der Waals surface area contributed by atoms with Crippen molar-refractivity contribution in [2.24, 2.45) is 0 Å². The minimum Gasteiger partial charge on any atom is -0.462 e. The predicted octanol–water partition coefficient (Wildman–Crippen LogP) is 8.72. The highest BCUT2D eigenvalue weighted by Crippen LogP contribution is 2.47. The van der Waals surface area contributed by atoms with Crippen LogP contribution in [0, 0.1) is 0 Å². The summed E-state index contributed by atoms with van der Waals surface area (Å²) in [7, 11) is -5.14. The number of rotatable bonds is 36. The van der Waals surface area contributed by atoms with Crippen molar-refractivity contribution in [1.82, 2.24) is 0 Å². The number of ether oxygens (including phenoxy) is 2. The largest absolute Gasteiger partial charge is 0.472 e. The number of phosphoric ester groups is 1. The summed E-state index contributed by atoms with van der Waals surface area (Å²) in [5.74, 6) is -1.18. The smallest absolute Gasteiger partial charge is 0.462 e. The average molecular weight is 883 g/mol. The molecule has 61 heavy (non-hydrogen) atoms. The minimum atomic E-state index is -5.14. The lowest BCUT2D eigenvalue weighted by Gasteiger charge is -2.41. The maximum atomic E-state index is 12.8. The van der Waals surface area contributed by atoms with Crippen molar-refractivity contribution in [3.05, 3.63) is 72.9 Å². The molecule has 0 heterocycles. The van der Waals surface area contributed by atoms with Gasteiger partial charge in [0.25, 0.3) is 0 Å². The molecule has 0 aliphatic heterocycles. The van der Waals surface area contributed by atoms with Gasteiger partial charge in [-0.05, 0) is 77.0 Å². The Labute approximate surface area is 365 Å². The fraction of sp³-hybridized carbons (Fsp3) is 0.702. The van der Waals surface area contributed by atoms with Gasteiger partial charge in [-0.25, -0.2) is 4.57 Å². The molecule has 0 aromatic carbocycles. The van der Waals surface area contributed by atoms with Crippen LogP contribution in [0.3, 0.4) is 0 Å². The molecule has 14 heteroatoms. The number of carbonyl (C=O) groups excluding carboxylic acids is 2. The van der Waals surface area contributed by atoms with E-state index in [1.54, 1.807) is 0 Å². The number of unbranched alkanes of at least 4 members (excludes halogenated alkanes) is 12. The van der Waals surface area contributed by atoms with Crippen LogP contribution in [0.2, 0.25) is 0 Å². The SMILES string of the molecule is CC/C=C/C/C=C/C/C=C/C/C=C/C/C=C/CCCC(=O)OC[C@@H](COP(=O)(O)OC1C(O)C(O)C(O)[C@H](O)C1O)OC(=O)CCCCCCC/C=C/CCCCCCCC. The van der Waals surface area contributed by atoms with E-state index in [1.807, 2.05) is 12.2 Å². The third kappa shape index (κ3) is 29.3. The molecule has 1 rings (SSSR count). The van der Waals surface area contributed by atoms with Crippen LogP contribution in [0.1, 0.15) is 155 Å². The molecule has 350 valence electrons. The van der Waals surface area contributed by atoms with E-state index < -0.39 is 75.7 Å². The average Bonchev–Trinajstić information content (AvgIpc) is 3.24. The van der Waals surface area contributed by atoms with Crippen LogP contribution in [-0.2, 0) is 32.7 Å². The third-order valence-corrected chi connectivity index (χ3v) is 11.0. The van der Waals surface area contributed by atoms with E-state index in [0.29, 0.717) is 19.3 Å². The first-order valence-corrected chi connectivity index (χ1v) is 24.2. The topological polar surface area (TPSA) is 210 Å². The van der Waals surface area contributed by atoms with Gasteiger partial charge in [0.2, 0.25) is 0 Å². The molecular weight excluding hydrogens is 803 g/mol. The van der Waals surface area contributed by atoms with Gasteiger partial charge in [0.05, 0.1) is 6.61 Å². The highest BCUT2D eigenvalue weighted by atomic mass is 31.2. The van der Waals surface area contributed by atoms with Crippen LogP contribution in [-0.4, -0.2) is 98.3 Å². The summed E-state index contributed by atoms with van der Waals surface area (Å²) in [4.78, 5) is 35.7. The highest BCUT2D eigenvalue weighted by Gasteiger charge is 2.51. The number of hydrogen-bond donors (Lipinski definition) is 6. The summed E-state index contributed by atoms with van der Waals surface area (Å²) < 4.78 is 33.4. The van der Waals surface area contributed by atoms with Crippen molar-refractivity contribution < 1.29 is 63.1 Å². The van der Waals surface area contributed by atoms with E-state index in [1.165, 1.54) is 38.5 Å². The van der Waals surface area contributed by atoms with Crippen LogP contribution in [0.4, 0.5) is 0 Å². The lowest BCUT2D eigenvalue weighted by Crippen LogP contribution is -2.64. The van der Waals surface area contributed by atoms with E-state index in [2.05, 4.69) is 74.6 Å². The Bertz CT molecular complexity index is 1340. The normalized spacial score (nSPS) is 22.7. The lowest BCUT2D eigenvalue weighted by atomic mass is 9.85. The zero-order valence-corrected chi connectivity index (χ0v) is 37.8. The second-order valence-corrected chi connectivity index (χ2v) is 16.9. The van der Waals surface area contributed by atoms with Crippen molar-refractivity contribution in [2.45, 2.75) is 198 Å². The molecule has 1 saturated carbocycles. The molecular formula is C47H79O13P. The second kappa shape index (κ2) is 36.7. The van der Waals surface area contributed by atoms with Gasteiger partial charge in [0, 0.05) is 12.8 Å². The van der Waals surface area contributed by atoms with Gasteiger partial charge < -0.3 is 39.9 Å². The molecule has 0 radical (unpaired) electrons. The van der Waals surface area contributed by atoms with E-state index in [-0.39, 0.29) is 12.8 Å². The third-order valence-electron chi connectivity index (χ3n) is 10.0. The minimum absolute atomic E-state index is 0.0711. The van der Waals surface area contributed by atoms with Crippen molar-refractivity contribution in [1.29, 1.82) is 0 Å². The number of aliphatic hydroxyl groups is 5. The van der Waals surface area contributed by atoms with Crippen molar-refractivity contribution in [2.75, 3.05) is 13.2 Å². The van der Waals surface area contributed by atoms with Gasteiger partial charge >= 0.3 is 19.8 Å². The van der Waals surface area contributed by atoms with Gasteiger partial charge in [-0.2, -0.15) is 0 Å². The van der Waals surface area contributed by atoms with Crippen LogP contribution < -0.4 is 0 Å². The molecule has 1 aliphatic rings. The number of allylic oxidation sites excluding steroid dienone is 12. The Kier molecular flexibility index (Phi) is 33.9. The Morgan fingerprint density at radius 3 is 1.49 bits per heavy atom. The van der Waals surface area contributed by atoms with Gasteiger partial charge in [0.1, 0.15) is 43.2 Å². The fourth-order valence-corrected chi connectivity index (χ4v) is 7.35. The number of phosphoric acid groups is 1. The monoisotopic (exact) mass is 883 g/mol. The fourth-order valence-electron chi connectivity index (χ4n) is 6.37. The molecule has 6 unspecified atom stereocenters. The van der Waals surface area contributed by atoms with Crippen LogP contribution >= 0.6 is 7.82 Å². The standard InChI is InChI=1S/C47H79O13P/c1-3-5-7-9-11-13-15-17-19-20-22-23-25-27-29-31-33-35-40(48)57-37-39(38-58-61(55,56)60-47-45(53)43(51)42(50)44(52)46(47)54)59-41(49)36-34-32-30-28-26-24-21-18-16-14-12-10-8-6-4-2/h5,7,11,13,17-19,21-23,27,29,39,42-47,50-54H,3-4,6,8-10,12,14-16,20,24-26,28,30-38H2,1-2H3,(H,55,56)/b7-5+,13-11+,19-17+,21-18+,23-22+,29-27+/t39-,42?,43-,44?,45?,46?,47?/m0/s1. The summed E-state index contributed by atoms with van der Waals surface area (Å²) in [5.41, 5.74) is 0. The van der Waals surface area contributed by atoms with Crippen molar-refractivity contribution in [3.8, 4) is 0 Å². The first kappa shape index (κ1) is 56.3. The number of esters is 2. The zero-order valence-electron chi connectivity index (χ0n) is 36.9. The van der Waals surface area contributed by atoms with E-state index in [4.69, 9.17) is 18.5 Å². The van der Waals surface area contributed by atoms with Gasteiger partial charge in [-0.3, -0.25) is 18.6 Å². The first-order chi connectivity index (χ1) is 29.4. The Hall–Kier alpha value is -2.71. The molecule has 8 atom stereocenters. The number of carbonyl (C=O) groups is 2. The number of aliphatic hydroxyl groups excluding tert-OH is 5. The lowest BCUT2D eigenvalue weighted by molar-refractivity contribution is -0.220.